The fraction of sp³-hybridized carbons (Fsp3) is 0.867. The number of nitrogens with zero attached hydrogens (tertiary/aromatic N) is 1. The van der Waals surface area contributed by atoms with Crippen LogP contribution in [0.25, 0.3) is 0 Å². The molecular formula is C15H28N2O3. The monoisotopic (exact) mass is 284 g/mol. The number of hydrogen-bond donors (Lipinski definition) is 2. The third-order valence-corrected chi connectivity index (χ3v) is 4.01. The summed E-state index contributed by atoms with van der Waals surface area (Å²) in [5.74, 6) is 0.321. The summed E-state index contributed by atoms with van der Waals surface area (Å²) in [6.07, 6.45) is 6.49. The van der Waals surface area contributed by atoms with E-state index in [1.807, 2.05) is 6.92 Å². The van der Waals surface area contributed by atoms with Gasteiger partial charge in [-0.3, -0.25) is 9.59 Å². The van der Waals surface area contributed by atoms with Crippen LogP contribution in [0.3, 0.4) is 0 Å². The van der Waals surface area contributed by atoms with Crippen molar-refractivity contribution in [1.29, 1.82) is 0 Å². The van der Waals surface area contributed by atoms with Gasteiger partial charge in [-0.2, -0.15) is 0 Å². The molecular weight excluding hydrogens is 256 g/mol. The van der Waals surface area contributed by atoms with Gasteiger partial charge in [-0.05, 0) is 32.6 Å². The second kappa shape index (κ2) is 8.95. The van der Waals surface area contributed by atoms with Gasteiger partial charge in [0.05, 0.1) is 6.61 Å². The molecule has 0 aromatic rings. The second-order valence-corrected chi connectivity index (χ2v) is 5.64. The lowest BCUT2D eigenvalue weighted by Gasteiger charge is -2.25. The number of carbonyl (C=O) groups is 2. The number of hydrogen-bond acceptors (Lipinski definition) is 3. The summed E-state index contributed by atoms with van der Waals surface area (Å²) >= 11 is 0. The average Bonchev–Trinajstić information content (AvgIpc) is 2.44. The van der Waals surface area contributed by atoms with Gasteiger partial charge in [-0.1, -0.05) is 19.3 Å². The minimum atomic E-state index is -0.516. The highest BCUT2D eigenvalue weighted by atomic mass is 16.3. The van der Waals surface area contributed by atoms with Crippen molar-refractivity contribution in [3.8, 4) is 0 Å². The molecule has 20 heavy (non-hydrogen) atoms. The quantitative estimate of drug-likeness (QED) is 0.740. The first kappa shape index (κ1) is 17.0. The van der Waals surface area contributed by atoms with Crippen molar-refractivity contribution in [1.82, 2.24) is 10.2 Å². The first-order chi connectivity index (χ1) is 9.58. The first-order valence-electron chi connectivity index (χ1n) is 7.77. The summed E-state index contributed by atoms with van der Waals surface area (Å²) in [6, 6.07) is -0.516. The molecule has 1 fully saturated rings. The number of aliphatic hydroxyl groups excluding tert-OH is 1. The fourth-order valence-electron chi connectivity index (χ4n) is 2.83. The Morgan fingerprint density at radius 3 is 2.50 bits per heavy atom. The molecule has 1 saturated carbocycles. The van der Waals surface area contributed by atoms with Crippen LogP contribution in [0.5, 0.6) is 0 Å². The zero-order chi connectivity index (χ0) is 15.0. The van der Waals surface area contributed by atoms with Gasteiger partial charge < -0.3 is 15.3 Å². The maximum Gasteiger partial charge on any atom is 0.244 e. The van der Waals surface area contributed by atoms with Gasteiger partial charge in [0.15, 0.2) is 0 Å². The van der Waals surface area contributed by atoms with Crippen molar-refractivity contribution >= 4 is 11.8 Å². The Labute approximate surface area is 121 Å². The first-order valence-corrected chi connectivity index (χ1v) is 7.77. The molecule has 116 valence electrons. The van der Waals surface area contributed by atoms with Crippen LogP contribution in [0.2, 0.25) is 0 Å². The van der Waals surface area contributed by atoms with Crippen LogP contribution in [0, 0.1) is 5.92 Å². The maximum absolute atomic E-state index is 12.1. The van der Waals surface area contributed by atoms with Crippen molar-refractivity contribution in [3.63, 3.8) is 0 Å². The van der Waals surface area contributed by atoms with Crippen LogP contribution in [0.4, 0.5) is 0 Å². The maximum atomic E-state index is 12.1. The van der Waals surface area contributed by atoms with E-state index >= 15 is 0 Å². The highest BCUT2D eigenvalue weighted by Gasteiger charge is 2.22. The molecule has 1 aliphatic carbocycles. The fourth-order valence-corrected chi connectivity index (χ4v) is 2.83. The SMILES string of the molecule is CCN(CCO)C(=O)C(C)NC(=O)CC1CCCCC1. The van der Waals surface area contributed by atoms with Gasteiger partial charge in [-0.15, -0.1) is 0 Å². The van der Waals surface area contributed by atoms with Crippen LogP contribution in [0.1, 0.15) is 52.4 Å². The molecule has 5 heteroatoms. The number of likely N-dealkylation sites (N-methyl/N-ethyl adjacent to an activating group) is 1. The molecule has 0 aromatic carbocycles. The predicted molar refractivity (Wildman–Crippen MR) is 78.1 cm³/mol. The van der Waals surface area contributed by atoms with Crippen molar-refractivity contribution in [2.24, 2.45) is 5.92 Å². The molecule has 0 saturated heterocycles. The summed E-state index contributed by atoms with van der Waals surface area (Å²) in [5, 5.41) is 11.7. The third-order valence-electron chi connectivity index (χ3n) is 4.01. The Kier molecular flexibility index (Phi) is 7.59. The van der Waals surface area contributed by atoms with Gasteiger partial charge in [0.25, 0.3) is 0 Å². The number of aliphatic hydroxyl groups is 1. The molecule has 1 aliphatic rings. The van der Waals surface area contributed by atoms with Gasteiger partial charge in [0, 0.05) is 19.5 Å². The Morgan fingerprint density at radius 2 is 1.95 bits per heavy atom. The number of amides is 2. The van der Waals surface area contributed by atoms with E-state index in [0.29, 0.717) is 25.4 Å². The lowest BCUT2D eigenvalue weighted by molar-refractivity contribution is -0.136. The van der Waals surface area contributed by atoms with Crippen LogP contribution in [-0.2, 0) is 9.59 Å². The molecule has 2 N–H and O–H groups in total. The van der Waals surface area contributed by atoms with Gasteiger partial charge >= 0.3 is 0 Å². The lowest BCUT2D eigenvalue weighted by atomic mass is 9.87. The molecule has 0 spiro atoms. The smallest absolute Gasteiger partial charge is 0.244 e. The topological polar surface area (TPSA) is 69.6 Å². The lowest BCUT2D eigenvalue weighted by Crippen LogP contribution is -2.48. The van der Waals surface area contributed by atoms with Gasteiger partial charge in [-0.25, -0.2) is 0 Å². The summed E-state index contributed by atoms with van der Waals surface area (Å²) < 4.78 is 0. The van der Waals surface area contributed by atoms with E-state index in [4.69, 9.17) is 5.11 Å². The van der Waals surface area contributed by atoms with E-state index in [1.54, 1.807) is 11.8 Å². The predicted octanol–water partition coefficient (Wildman–Crippen LogP) is 1.30. The zero-order valence-electron chi connectivity index (χ0n) is 12.7. The Bertz CT molecular complexity index is 314. The van der Waals surface area contributed by atoms with E-state index in [1.165, 1.54) is 19.3 Å². The molecule has 5 nitrogen and oxygen atoms in total. The minimum Gasteiger partial charge on any atom is -0.395 e. The second-order valence-electron chi connectivity index (χ2n) is 5.64. The molecule has 0 heterocycles. The van der Waals surface area contributed by atoms with Crippen molar-refractivity contribution < 1.29 is 14.7 Å². The summed E-state index contributed by atoms with van der Waals surface area (Å²) in [6.45, 7) is 4.38. The van der Waals surface area contributed by atoms with E-state index in [9.17, 15) is 9.59 Å². The Hall–Kier alpha value is -1.10. The minimum absolute atomic E-state index is 0.0298. The molecule has 1 rings (SSSR count). The van der Waals surface area contributed by atoms with Gasteiger partial charge in [0.2, 0.25) is 11.8 Å². The molecule has 0 aromatic heterocycles. The number of carbonyl (C=O) groups excluding carboxylic acids is 2. The largest absolute Gasteiger partial charge is 0.395 e. The summed E-state index contributed by atoms with van der Waals surface area (Å²) in [5.41, 5.74) is 0. The molecule has 1 atom stereocenters. The Morgan fingerprint density at radius 1 is 1.30 bits per heavy atom. The standard InChI is InChI=1S/C15H28N2O3/c1-3-17(9-10-18)15(20)12(2)16-14(19)11-13-7-5-4-6-8-13/h12-13,18H,3-11H2,1-2H3,(H,16,19). The number of nitrogens with one attached hydrogen (secondary N) is 1. The zero-order valence-corrected chi connectivity index (χ0v) is 12.7. The molecule has 1 unspecified atom stereocenters. The number of rotatable bonds is 7. The highest BCUT2D eigenvalue weighted by Crippen LogP contribution is 2.26. The van der Waals surface area contributed by atoms with Crippen LogP contribution < -0.4 is 5.32 Å². The molecule has 0 radical (unpaired) electrons. The molecule has 2 amide bonds. The third kappa shape index (κ3) is 5.49. The van der Waals surface area contributed by atoms with Crippen molar-refractivity contribution in [3.05, 3.63) is 0 Å². The van der Waals surface area contributed by atoms with Crippen LogP contribution >= 0.6 is 0 Å². The Balaban J connectivity index is 2.37. The van der Waals surface area contributed by atoms with E-state index in [-0.39, 0.29) is 18.4 Å². The van der Waals surface area contributed by atoms with Crippen LogP contribution in [-0.4, -0.2) is 47.6 Å². The van der Waals surface area contributed by atoms with Gasteiger partial charge in [0.1, 0.15) is 6.04 Å². The van der Waals surface area contributed by atoms with Crippen molar-refractivity contribution in [2.75, 3.05) is 19.7 Å². The normalized spacial score (nSPS) is 17.6. The summed E-state index contributed by atoms with van der Waals surface area (Å²) in [7, 11) is 0. The van der Waals surface area contributed by atoms with E-state index in [0.717, 1.165) is 12.8 Å². The molecule has 0 aliphatic heterocycles. The van der Waals surface area contributed by atoms with Crippen molar-refractivity contribution in [2.45, 2.75) is 58.4 Å². The average molecular weight is 284 g/mol. The molecule has 0 bridgehead atoms. The van der Waals surface area contributed by atoms with E-state index < -0.39 is 6.04 Å². The van der Waals surface area contributed by atoms with E-state index in [2.05, 4.69) is 5.32 Å². The highest BCUT2D eigenvalue weighted by molar-refractivity contribution is 5.87. The van der Waals surface area contributed by atoms with Crippen LogP contribution in [0.15, 0.2) is 0 Å². The summed E-state index contributed by atoms with van der Waals surface area (Å²) in [4.78, 5) is 25.6.